The molecule has 0 amide bonds. The molecule has 4 aromatic carbocycles. The number of Topliss-reactive ketones (excluding diaryl/α,β-unsaturated/α-hetero) is 1. The van der Waals surface area contributed by atoms with Crippen molar-refractivity contribution in [3.8, 4) is 16.9 Å². The molecule has 6 heteroatoms. The maximum Gasteiger partial charge on any atom is 0.164 e. The Morgan fingerprint density at radius 2 is 1.40 bits per heavy atom. The third-order valence-corrected chi connectivity index (χ3v) is 10.1. The van der Waals surface area contributed by atoms with Crippen LogP contribution < -0.4 is 0 Å². The topological polar surface area (TPSA) is 68.0 Å². The minimum Gasteiger partial charge on any atom is -0.512 e. The van der Waals surface area contributed by atoms with Crippen LogP contribution in [0.3, 0.4) is 0 Å². The van der Waals surface area contributed by atoms with Crippen LogP contribution in [-0.2, 0) is 24.9 Å². The van der Waals surface area contributed by atoms with Crippen molar-refractivity contribution in [2.24, 2.45) is 11.8 Å². The van der Waals surface area contributed by atoms with Gasteiger partial charge in [-0.1, -0.05) is 81.0 Å². The van der Waals surface area contributed by atoms with E-state index in [-0.39, 0.29) is 37.7 Å². The minimum atomic E-state index is 0. The summed E-state index contributed by atoms with van der Waals surface area (Å²) in [5.74, 6) is 1.07. The van der Waals surface area contributed by atoms with Crippen LogP contribution >= 0.6 is 0 Å². The number of hydrogen-bond acceptors (Lipinski definition) is 4. The Labute approximate surface area is 296 Å². The van der Waals surface area contributed by atoms with Crippen LogP contribution in [0.1, 0.15) is 71.1 Å². The standard InChI is InChI=1S/C26H16N3.C16H26O2.Ir/c1-3-9-18(10-4-1)24-26-25(28-17-27-24)22-15-19-11-7-8-12-20(19)16-23(22)29(26)21-13-5-2-6-14-21;1-12(15(17)13-8-4-2-5-9-13)16(18)14-10-6-3-7-11-14;/h1-9,11-17H;13-14,17H,2-11H2,1H3;/q-1;;/b;15-12-;. The molecule has 0 bridgehead atoms. The van der Waals surface area contributed by atoms with Crippen molar-refractivity contribution in [2.45, 2.75) is 71.1 Å². The number of rotatable bonds is 5. The normalized spacial score (nSPS) is 16.2. The number of carbonyl (C=O) groups excluding carboxylic acids is 1. The average molecular weight is 813 g/mol. The van der Waals surface area contributed by atoms with Crippen LogP contribution in [0.5, 0.6) is 0 Å². The van der Waals surface area contributed by atoms with Gasteiger partial charge in [0.05, 0.1) is 16.6 Å². The molecule has 6 aromatic rings. The summed E-state index contributed by atoms with van der Waals surface area (Å²) in [6.07, 6.45) is 13.1. The zero-order chi connectivity index (χ0) is 32.2. The molecular weight excluding hydrogens is 771 g/mol. The maximum atomic E-state index is 12.4. The smallest absolute Gasteiger partial charge is 0.164 e. The number of aliphatic hydroxyl groups is 1. The van der Waals surface area contributed by atoms with Gasteiger partial charge in [-0.15, -0.1) is 35.9 Å². The second-order valence-electron chi connectivity index (χ2n) is 13.1. The van der Waals surface area contributed by atoms with Gasteiger partial charge in [-0.3, -0.25) is 9.78 Å². The zero-order valence-electron chi connectivity index (χ0n) is 27.5. The zero-order valence-corrected chi connectivity index (χ0v) is 29.9. The van der Waals surface area contributed by atoms with E-state index < -0.39 is 0 Å². The Morgan fingerprint density at radius 1 is 0.771 bits per heavy atom. The fraction of sp³-hybridized carbons (Fsp3) is 0.310. The quantitative estimate of drug-likeness (QED) is 0.107. The molecule has 0 spiro atoms. The molecular formula is C42H42IrN3O2-. The van der Waals surface area contributed by atoms with Gasteiger partial charge < -0.3 is 9.67 Å². The largest absolute Gasteiger partial charge is 0.512 e. The molecule has 8 rings (SSSR count). The molecule has 2 heterocycles. The van der Waals surface area contributed by atoms with Crippen LogP contribution in [0, 0.1) is 17.9 Å². The molecule has 247 valence electrons. The van der Waals surface area contributed by atoms with Crippen LogP contribution in [-0.4, -0.2) is 25.4 Å². The molecule has 0 saturated heterocycles. The van der Waals surface area contributed by atoms with Gasteiger partial charge in [0.1, 0.15) is 12.1 Å². The van der Waals surface area contributed by atoms with E-state index in [4.69, 9.17) is 4.98 Å². The first-order valence-corrected chi connectivity index (χ1v) is 17.2. The van der Waals surface area contributed by atoms with Crippen molar-refractivity contribution in [1.82, 2.24) is 14.5 Å². The fourth-order valence-electron chi connectivity index (χ4n) is 7.57. The fourth-order valence-corrected chi connectivity index (χ4v) is 7.57. The summed E-state index contributed by atoms with van der Waals surface area (Å²) >= 11 is 0. The number of benzene rings is 4. The van der Waals surface area contributed by atoms with Gasteiger partial charge in [-0.25, -0.2) is 4.98 Å². The number of hydrogen-bond donors (Lipinski definition) is 1. The van der Waals surface area contributed by atoms with Gasteiger partial charge in [0.25, 0.3) is 0 Å². The maximum absolute atomic E-state index is 12.4. The van der Waals surface area contributed by atoms with Crippen LogP contribution in [0.15, 0.2) is 109 Å². The number of carbonyl (C=O) groups is 1. The summed E-state index contributed by atoms with van der Waals surface area (Å²) in [4.78, 5) is 21.7. The van der Waals surface area contributed by atoms with Crippen molar-refractivity contribution in [1.29, 1.82) is 0 Å². The van der Waals surface area contributed by atoms with Gasteiger partial charge in [-0.2, -0.15) is 0 Å². The second-order valence-corrected chi connectivity index (χ2v) is 13.1. The summed E-state index contributed by atoms with van der Waals surface area (Å²) in [5.41, 5.74) is 6.69. The third kappa shape index (κ3) is 6.88. The van der Waals surface area contributed by atoms with E-state index in [1.807, 2.05) is 37.3 Å². The van der Waals surface area contributed by atoms with E-state index in [0.29, 0.717) is 11.3 Å². The first-order chi connectivity index (χ1) is 23.1. The van der Waals surface area contributed by atoms with Gasteiger partial charge >= 0.3 is 0 Å². The molecule has 2 saturated carbocycles. The molecule has 1 N–H and O–H groups in total. The van der Waals surface area contributed by atoms with E-state index in [0.717, 1.165) is 64.6 Å². The van der Waals surface area contributed by atoms with Gasteiger partial charge in [0.15, 0.2) is 5.78 Å². The molecule has 5 nitrogen and oxygen atoms in total. The number of aliphatic hydroxyl groups excluding tert-OH is 1. The molecule has 48 heavy (non-hydrogen) atoms. The first-order valence-electron chi connectivity index (χ1n) is 17.2. The summed E-state index contributed by atoms with van der Waals surface area (Å²) in [6, 6.07) is 34.6. The Morgan fingerprint density at radius 3 is 2.06 bits per heavy atom. The van der Waals surface area contributed by atoms with E-state index >= 15 is 0 Å². The number of fused-ring (bicyclic) bond motifs is 4. The third-order valence-electron chi connectivity index (χ3n) is 10.1. The van der Waals surface area contributed by atoms with Crippen molar-refractivity contribution >= 4 is 38.5 Å². The summed E-state index contributed by atoms with van der Waals surface area (Å²) in [7, 11) is 0. The van der Waals surface area contributed by atoms with E-state index in [9.17, 15) is 9.90 Å². The molecule has 2 aliphatic rings. The first kappa shape index (κ1) is 33.8. The Balaban J connectivity index is 0.000000183. The predicted octanol–water partition coefficient (Wildman–Crippen LogP) is 10.7. The van der Waals surface area contributed by atoms with Crippen LogP contribution in [0.4, 0.5) is 0 Å². The van der Waals surface area contributed by atoms with E-state index in [1.54, 1.807) is 6.33 Å². The number of allylic oxidation sites excluding steroid dienone is 2. The molecule has 2 aromatic heterocycles. The van der Waals surface area contributed by atoms with Gasteiger partial charge in [-0.05, 0) is 67.6 Å². The monoisotopic (exact) mass is 813 g/mol. The van der Waals surface area contributed by atoms with Gasteiger partial charge in [0.2, 0.25) is 0 Å². The summed E-state index contributed by atoms with van der Waals surface area (Å²) < 4.78 is 2.27. The number of nitrogens with zero attached hydrogens (tertiary/aromatic N) is 3. The van der Waals surface area contributed by atoms with Crippen molar-refractivity contribution in [3.05, 3.63) is 115 Å². The van der Waals surface area contributed by atoms with Crippen LogP contribution in [0.25, 0.3) is 49.7 Å². The Bertz CT molecular complexity index is 2040. The summed E-state index contributed by atoms with van der Waals surface area (Å²) in [5, 5.41) is 13.8. The number of ketones is 1. The number of aromatic nitrogens is 3. The van der Waals surface area contributed by atoms with Crippen molar-refractivity contribution in [3.63, 3.8) is 0 Å². The molecule has 0 unspecified atom stereocenters. The molecule has 2 fully saturated rings. The van der Waals surface area contributed by atoms with E-state index in [1.165, 1.54) is 49.3 Å². The molecule has 0 atom stereocenters. The van der Waals surface area contributed by atoms with E-state index in [2.05, 4.69) is 76.3 Å². The SMILES string of the molecule is C/C(C(=O)C1CCCCC1)=C(/O)C1CCCCC1.[Ir].[c-]1ccccc1-c1ncnc2c3cc4ccccc4cc3n(-c3ccccc3)c12. The Kier molecular flexibility index (Phi) is 10.8. The average Bonchev–Trinajstić information content (AvgIpc) is 3.48. The number of para-hydroxylation sites is 1. The van der Waals surface area contributed by atoms with Crippen molar-refractivity contribution < 1.29 is 30.0 Å². The molecule has 2 aliphatic carbocycles. The predicted molar refractivity (Wildman–Crippen MR) is 192 cm³/mol. The Hall–Kier alpha value is -4.12. The minimum absolute atomic E-state index is 0. The summed E-state index contributed by atoms with van der Waals surface area (Å²) in [6.45, 7) is 1.83. The van der Waals surface area contributed by atoms with Crippen LogP contribution in [0.2, 0.25) is 0 Å². The second kappa shape index (κ2) is 15.4. The van der Waals surface area contributed by atoms with Gasteiger partial charge in [0, 0.05) is 54.3 Å². The molecule has 1 radical (unpaired) electrons. The van der Waals surface area contributed by atoms with Crippen molar-refractivity contribution in [2.75, 3.05) is 0 Å². The molecule has 0 aliphatic heterocycles.